The molecule has 1 atom stereocenters. The van der Waals surface area contributed by atoms with E-state index in [1.54, 1.807) is 30.1 Å². The molecule has 0 aliphatic carbocycles. The molecule has 0 unspecified atom stereocenters. The lowest BCUT2D eigenvalue weighted by Crippen LogP contribution is -2.24. The van der Waals surface area contributed by atoms with Crippen LogP contribution in [0.4, 0.5) is 5.82 Å². The second-order valence-corrected chi connectivity index (χ2v) is 4.10. The predicted octanol–water partition coefficient (Wildman–Crippen LogP) is 1.83. The summed E-state index contributed by atoms with van der Waals surface area (Å²) in [5.74, 6) is 0.188. The number of aromatic nitrogens is 3. The Kier molecular flexibility index (Phi) is 3.04. The molecular weight excluding hydrogens is 276 g/mol. The molecular formula is C9H9BrN4O2. The molecule has 0 saturated carbocycles. The van der Waals surface area contributed by atoms with Crippen LogP contribution >= 0.6 is 15.9 Å². The first-order chi connectivity index (χ1) is 7.66. The molecule has 0 aromatic carbocycles. The molecule has 0 spiro atoms. The highest BCUT2D eigenvalue weighted by Crippen LogP contribution is 2.13. The van der Waals surface area contributed by atoms with Crippen molar-refractivity contribution in [1.29, 1.82) is 0 Å². The maximum atomic E-state index is 11.8. The van der Waals surface area contributed by atoms with Gasteiger partial charge >= 0.3 is 0 Å². The summed E-state index contributed by atoms with van der Waals surface area (Å²) in [6.45, 7) is 1.74. The second kappa shape index (κ2) is 4.48. The normalized spacial score (nSPS) is 12.4. The van der Waals surface area contributed by atoms with Crippen molar-refractivity contribution in [2.24, 2.45) is 0 Å². The average Bonchev–Trinajstić information content (AvgIpc) is 2.88. The molecule has 7 heteroatoms. The van der Waals surface area contributed by atoms with Crippen molar-refractivity contribution in [3.63, 3.8) is 0 Å². The first kappa shape index (κ1) is 10.9. The molecule has 1 amide bonds. The van der Waals surface area contributed by atoms with Crippen LogP contribution in [0.15, 0.2) is 33.7 Å². The van der Waals surface area contributed by atoms with Gasteiger partial charge in [-0.25, -0.2) is 0 Å². The van der Waals surface area contributed by atoms with Gasteiger partial charge in [-0.3, -0.25) is 9.48 Å². The summed E-state index contributed by atoms with van der Waals surface area (Å²) in [6.07, 6.45) is 4.75. The highest BCUT2D eigenvalue weighted by Gasteiger charge is 2.16. The number of amides is 1. The van der Waals surface area contributed by atoms with E-state index >= 15 is 0 Å². The fraction of sp³-hybridized carbons (Fsp3) is 0.222. The first-order valence-corrected chi connectivity index (χ1v) is 5.37. The minimum absolute atomic E-state index is 0.204. The van der Waals surface area contributed by atoms with Crippen LogP contribution in [-0.4, -0.2) is 20.8 Å². The maximum absolute atomic E-state index is 11.8. The van der Waals surface area contributed by atoms with Gasteiger partial charge < -0.3 is 9.84 Å². The third-order valence-corrected chi connectivity index (χ3v) is 2.44. The average molecular weight is 285 g/mol. The van der Waals surface area contributed by atoms with E-state index in [0.29, 0.717) is 5.82 Å². The van der Waals surface area contributed by atoms with Crippen LogP contribution in [0.3, 0.4) is 0 Å². The molecule has 2 aromatic heterocycles. The molecule has 2 heterocycles. The molecule has 0 aliphatic rings. The van der Waals surface area contributed by atoms with Crippen molar-refractivity contribution >= 4 is 27.7 Å². The van der Waals surface area contributed by atoms with E-state index in [0.717, 1.165) is 4.47 Å². The van der Waals surface area contributed by atoms with Crippen molar-refractivity contribution in [2.45, 2.75) is 13.0 Å². The Morgan fingerprint density at radius 3 is 3.06 bits per heavy atom. The number of carbonyl (C=O) groups excluding carboxylic acids is 1. The van der Waals surface area contributed by atoms with Gasteiger partial charge in [0.2, 0.25) is 5.91 Å². The van der Waals surface area contributed by atoms with E-state index in [1.165, 1.54) is 6.26 Å². The second-order valence-electron chi connectivity index (χ2n) is 3.19. The van der Waals surface area contributed by atoms with E-state index in [-0.39, 0.29) is 5.91 Å². The number of hydrogen-bond acceptors (Lipinski definition) is 4. The molecule has 16 heavy (non-hydrogen) atoms. The molecule has 0 aliphatic heterocycles. The van der Waals surface area contributed by atoms with Crippen LogP contribution in [0.2, 0.25) is 0 Å². The van der Waals surface area contributed by atoms with Gasteiger partial charge in [-0.15, -0.1) is 0 Å². The number of carbonyl (C=O) groups is 1. The summed E-state index contributed by atoms with van der Waals surface area (Å²) < 4.78 is 6.99. The van der Waals surface area contributed by atoms with Crippen LogP contribution in [0.25, 0.3) is 0 Å². The molecule has 0 bridgehead atoms. The largest absolute Gasteiger partial charge is 0.363 e. The summed E-state index contributed by atoms with van der Waals surface area (Å²) >= 11 is 3.27. The van der Waals surface area contributed by atoms with Crippen LogP contribution in [0.1, 0.15) is 13.0 Å². The molecule has 1 N–H and O–H groups in total. The number of anilines is 1. The molecule has 84 valence electrons. The fourth-order valence-corrected chi connectivity index (χ4v) is 1.46. The van der Waals surface area contributed by atoms with E-state index in [4.69, 9.17) is 0 Å². The zero-order valence-corrected chi connectivity index (χ0v) is 10.0. The van der Waals surface area contributed by atoms with Gasteiger partial charge in [0.15, 0.2) is 5.82 Å². The number of hydrogen-bond donors (Lipinski definition) is 1. The van der Waals surface area contributed by atoms with Crippen LogP contribution < -0.4 is 5.32 Å². The smallest absolute Gasteiger partial charge is 0.250 e. The zero-order chi connectivity index (χ0) is 11.5. The van der Waals surface area contributed by atoms with Crippen molar-refractivity contribution in [3.8, 4) is 0 Å². The van der Waals surface area contributed by atoms with Crippen molar-refractivity contribution in [3.05, 3.63) is 29.2 Å². The van der Waals surface area contributed by atoms with Gasteiger partial charge in [-0.1, -0.05) is 5.16 Å². The minimum atomic E-state index is -0.414. The van der Waals surface area contributed by atoms with Gasteiger partial charge in [0.25, 0.3) is 0 Å². The monoisotopic (exact) mass is 284 g/mol. The summed E-state index contributed by atoms with van der Waals surface area (Å²) in [5, 5.41) is 10.2. The lowest BCUT2D eigenvalue weighted by atomic mass is 10.3. The summed E-state index contributed by atoms with van der Waals surface area (Å²) in [6, 6.07) is 1.16. The molecule has 2 aromatic rings. The third kappa shape index (κ3) is 2.30. The van der Waals surface area contributed by atoms with Gasteiger partial charge in [0.05, 0.1) is 10.7 Å². The van der Waals surface area contributed by atoms with E-state index < -0.39 is 6.04 Å². The van der Waals surface area contributed by atoms with Crippen molar-refractivity contribution < 1.29 is 9.32 Å². The van der Waals surface area contributed by atoms with Gasteiger partial charge in [0, 0.05) is 12.3 Å². The lowest BCUT2D eigenvalue weighted by molar-refractivity contribution is -0.119. The Labute approximate surface area is 99.7 Å². The molecule has 0 fully saturated rings. The number of nitrogens with one attached hydrogen (secondary N) is 1. The van der Waals surface area contributed by atoms with E-state index in [9.17, 15) is 4.79 Å². The Balaban J connectivity index is 2.05. The maximum Gasteiger partial charge on any atom is 0.250 e. The minimum Gasteiger partial charge on any atom is -0.363 e. The Hall–Kier alpha value is -1.63. The highest BCUT2D eigenvalue weighted by molar-refractivity contribution is 9.10. The molecule has 0 radical (unpaired) electrons. The van der Waals surface area contributed by atoms with Crippen molar-refractivity contribution in [1.82, 2.24) is 14.9 Å². The summed E-state index contributed by atoms with van der Waals surface area (Å²) in [7, 11) is 0. The Bertz CT molecular complexity index is 479. The Morgan fingerprint density at radius 2 is 2.50 bits per heavy atom. The molecule has 6 nitrogen and oxygen atoms in total. The van der Waals surface area contributed by atoms with Crippen LogP contribution in [-0.2, 0) is 4.79 Å². The lowest BCUT2D eigenvalue weighted by Gasteiger charge is -2.10. The number of rotatable bonds is 3. The predicted molar refractivity (Wildman–Crippen MR) is 59.8 cm³/mol. The number of halogens is 1. The van der Waals surface area contributed by atoms with Crippen molar-refractivity contribution in [2.75, 3.05) is 5.32 Å². The highest BCUT2D eigenvalue weighted by atomic mass is 79.9. The van der Waals surface area contributed by atoms with Crippen LogP contribution in [0, 0.1) is 0 Å². The number of nitrogens with zero attached hydrogens (tertiary/aromatic N) is 3. The third-order valence-electron chi connectivity index (χ3n) is 2.04. The van der Waals surface area contributed by atoms with Gasteiger partial charge in [0.1, 0.15) is 12.3 Å². The fourth-order valence-electron chi connectivity index (χ4n) is 1.15. The van der Waals surface area contributed by atoms with E-state index in [1.807, 2.05) is 0 Å². The van der Waals surface area contributed by atoms with E-state index in [2.05, 4.69) is 36.0 Å². The zero-order valence-electron chi connectivity index (χ0n) is 8.42. The summed E-state index contributed by atoms with van der Waals surface area (Å²) in [5.41, 5.74) is 0. The SMILES string of the molecule is C[C@H](C(=O)Nc1ccon1)n1cc(Br)cn1. The molecule has 0 saturated heterocycles. The first-order valence-electron chi connectivity index (χ1n) is 4.57. The summed E-state index contributed by atoms with van der Waals surface area (Å²) in [4.78, 5) is 11.8. The molecule has 2 rings (SSSR count). The van der Waals surface area contributed by atoms with Crippen LogP contribution in [0.5, 0.6) is 0 Å². The quantitative estimate of drug-likeness (QED) is 0.933. The topological polar surface area (TPSA) is 73.0 Å². The Morgan fingerprint density at radius 1 is 1.69 bits per heavy atom. The van der Waals surface area contributed by atoms with Gasteiger partial charge in [-0.05, 0) is 22.9 Å². The standard InChI is InChI=1S/C9H9BrN4O2/c1-6(14-5-7(10)4-11-14)9(15)12-8-2-3-16-13-8/h2-6H,1H3,(H,12,13,15)/t6-/m1/s1. The van der Waals surface area contributed by atoms with Gasteiger partial charge in [-0.2, -0.15) is 5.10 Å².